The zero-order valence-electron chi connectivity index (χ0n) is 14.3. The van der Waals surface area contributed by atoms with Gasteiger partial charge < -0.3 is 20.3 Å². The number of benzene rings is 2. The molecule has 2 aromatic rings. The van der Waals surface area contributed by atoms with Crippen LogP contribution in [0, 0.1) is 0 Å². The maximum Gasteiger partial charge on any atom is 0.235 e. The molecule has 3 rings (SSSR count). The summed E-state index contributed by atoms with van der Waals surface area (Å²) < 4.78 is 5.62. The van der Waals surface area contributed by atoms with E-state index in [-0.39, 0.29) is 36.8 Å². The Bertz CT molecular complexity index is 873. The van der Waals surface area contributed by atoms with E-state index >= 15 is 0 Å². The van der Waals surface area contributed by atoms with Crippen molar-refractivity contribution in [1.29, 1.82) is 0 Å². The number of amides is 1. The first-order chi connectivity index (χ1) is 12.9. The van der Waals surface area contributed by atoms with Gasteiger partial charge in [-0.1, -0.05) is 35.3 Å². The summed E-state index contributed by atoms with van der Waals surface area (Å²) in [7, 11) is 0. The van der Waals surface area contributed by atoms with Gasteiger partial charge in [0.1, 0.15) is 28.5 Å². The van der Waals surface area contributed by atoms with Gasteiger partial charge in [0.05, 0.1) is 11.6 Å². The summed E-state index contributed by atoms with van der Waals surface area (Å²) in [6.07, 6.45) is 0.752. The van der Waals surface area contributed by atoms with Gasteiger partial charge in [-0.15, -0.1) is 11.6 Å². The molecule has 0 aromatic heterocycles. The normalized spacial score (nSPS) is 15.3. The first kappa shape index (κ1) is 20.1. The Morgan fingerprint density at radius 1 is 1.22 bits per heavy atom. The van der Waals surface area contributed by atoms with Gasteiger partial charge in [0.2, 0.25) is 5.91 Å². The minimum Gasteiger partial charge on any atom is -0.508 e. The van der Waals surface area contributed by atoms with Gasteiger partial charge in [-0.05, 0) is 35.2 Å². The van der Waals surface area contributed by atoms with Gasteiger partial charge >= 0.3 is 0 Å². The van der Waals surface area contributed by atoms with Crippen molar-refractivity contribution in [1.82, 2.24) is 5.32 Å². The molecular weight excluding hydrogens is 413 g/mol. The van der Waals surface area contributed by atoms with Crippen molar-refractivity contribution >= 4 is 40.7 Å². The molecule has 0 spiro atoms. The van der Waals surface area contributed by atoms with Crippen LogP contribution in [0.4, 0.5) is 0 Å². The van der Waals surface area contributed by atoms with Crippen LogP contribution in [0.2, 0.25) is 10.0 Å². The molecule has 1 aliphatic heterocycles. The number of ether oxygens (including phenoxy) is 1. The molecule has 1 atom stereocenters. The van der Waals surface area contributed by atoms with Crippen molar-refractivity contribution in [3.8, 4) is 11.5 Å². The number of nitrogens with one attached hydrogen (secondary N) is 1. The molecule has 144 valence electrons. The third-order valence-electron chi connectivity index (χ3n) is 4.39. The molecule has 1 unspecified atom stereocenters. The Balaban J connectivity index is 1.84. The summed E-state index contributed by atoms with van der Waals surface area (Å²) in [5.74, 6) is 0.166. The Kier molecular flexibility index (Phi) is 6.37. The van der Waals surface area contributed by atoms with Crippen molar-refractivity contribution in [2.45, 2.75) is 25.5 Å². The Morgan fingerprint density at radius 3 is 2.70 bits per heavy atom. The summed E-state index contributed by atoms with van der Waals surface area (Å²) in [6.45, 7) is 0.0865. The number of phenols is 1. The number of aliphatic hydroxyl groups is 1. The summed E-state index contributed by atoms with van der Waals surface area (Å²) in [5.41, 5.74) is 3.22. The van der Waals surface area contributed by atoms with Crippen LogP contribution < -0.4 is 10.1 Å². The predicted molar refractivity (Wildman–Crippen MR) is 105 cm³/mol. The van der Waals surface area contributed by atoms with Crippen LogP contribution in [0.15, 0.2) is 24.3 Å². The number of carbonyl (C=O) groups is 1. The highest BCUT2D eigenvalue weighted by molar-refractivity contribution is 6.43. The van der Waals surface area contributed by atoms with E-state index in [0.717, 1.165) is 16.7 Å². The van der Waals surface area contributed by atoms with Gasteiger partial charge in [-0.3, -0.25) is 4.79 Å². The van der Waals surface area contributed by atoms with Crippen LogP contribution in [0.5, 0.6) is 11.5 Å². The molecule has 1 heterocycles. The second-order valence-electron chi connectivity index (χ2n) is 6.33. The van der Waals surface area contributed by atoms with E-state index in [0.29, 0.717) is 34.2 Å². The highest BCUT2D eigenvalue weighted by Crippen LogP contribution is 2.43. The average molecular weight is 431 g/mol. The zero-order valence-corrected chi connectivity index (χ0v) is 16.5. The largest absolute Gasteiger partial charge is 0.508 e. The number of phenolic OH excluding ortho intramolecular Hbond substituents is 1. The van der Waals surface area contributed by atoms with E-state index in [1.54, 1.807) is 18.2 Å². The van der Waals surface area contributed by atoms with Crippen molar-refractivity contribution in [2.75, 3.05) is 12.5 Å². The molecule has 5 nitrogen and oxygen atoms in total. The maximum absolute atomic E-state index is 11.3. The van der Waals surface area contributed by atoms with E-state index < -0.39 is 0 Å². The van der Waals surface area contributed by atoms with Crippen LogP contribution >= 0.6 is 34.8 Å². The van der Waals surface area contributed by atoms with Gasteiger partial charge in [-0.25, -0.2) is 0 Å². The minimum absolute atomic E-state index is 0.0888. The molecule has 0 fully saturated rings. The first-order valence-corrected chi connectivity index (χ1v) is 9.62. The Hall–Kier alpha value is -1.66. The first-order valence-electron chi connectivity index (χ1n) is 8.33. The number of fused-ring (bicyclic) bond motifs is 1. The number of aromatic hydroxyl groups is 1. The molecule has 0 saturated heterocycles. The highest BCUT2D eigenvalue weighted by atomic mass is 35.5. The molecule has 0 radical (unpaired) electrons. The summed E-state index contributed by atoms with van der Waals surface area (Å²) in [4.78, 5) is 11.3. The number of hydrogen-bond donors (Lipinski definition) is 3. The summed E-state index contributed by atoms with van der Waals surface area (Å²) in [5, 5.41) is 22.7. The molecule has 27 heavy (non-hydrogen) atoms. The third-order valence-corrected chi connectivity index (χ3v) is 5.52. The molecule has 0 aliphatic carbocycles. The predicted octanol–water partition coefficient (Wildman–Crippen LogP) is 3.44. The lowest BCUT2D eigenvalue weighted by molar-refractivity contribution is -0.118. The van der Waals surface area contributed by atoms with Crippen molar-refractivity contribution in [3.05, 3.63) is 56.6 Å². The molecule has 8 heteroatoms. The lowest BCUT2D eigenvalue weighted by Gasteiger charge is -2.12. The van der Waals surface area contributed by atoms with Crippen molar-refractivity contribution in [3.63, 3.8) is 0 Å². The summed E-state index contributed by atoms with van der Waals surface area (Å²) in [6, 6.07) is 7.09. The summed E-state index contributed by atoms with van der Waals surface area (Å²) >= 11 is 18.2. The SMILES string of the molecule is O=C(CCl)NCc1cc(Cc2cc3c(c(Cl)c2Cl)OC(CO)C3)ccc1O. The fourth-order valence-corrected chi connectivity index (χ4v) is 3.62. The van der Waals surface area contributed by atoms with Gasteiger partial charge in [-0.2, -0.15) is 0 Å². The molecule has 0 saturated carbocycles. The van der Waals surface area contributed by atoms with Gasteiger partial charge in [0.25, 0.3) is 0 Å². The molecule has 1 aliphatic rings. The Morgan fingerprint density at radius 2 is 2.00 bits per heavy atom. The fraction of sp³-hybridized carbons (Fsp3) is 0.316. The molecule has 1 amide bonds. The number of alkyl halides is 1. The second-order valence-corrected chi connectivity index (χ2v) is 7.35. The second kappa shape index (κ2) is 8.57. The number of rotatable bonds is 6. The van der Waals surface area contributed by atoms with E-state index in [1.165, 1.54) is 0 Å². The van der Waals surface area contributed by atoms with E-state index in [4.69, 9.17) is 39.5 Å². The number of carbonyl (C=O) groups excluding carboxylic acids is 1. The van der Waals surface area contributed by atoms with E-state index in [2.05, 4.69) is 5.32 Å². The monoisotopic (exact) mass is 429 g/mol. The highest BCUT2D eigenvalue weighted by Gasteiger charge is 2.27. The average Bonchev–Trinajstić information content (AvgIpc) is 3.09. The van der Waals surface area contributed by atoms with Crippen LogP contribution in [-0.2, 0) is 24.2 Å². The van der Waals surface area contributed by atoms with Gasteiger partial charge in [0, 0.05) is 18.5 Å². The van der Waals surface area contributed by atoms with Crippen LogP contribution in [0.1, 0.15) is 22.3 Å². The molecule has 2 aromatic carbocycles. The quantitative estimate of drug-likeness (QED) is 0.614. The standard InChI is InChI=1S/C19H18Cl3NO4/c20-7-16(26)23-8-13-4-10(1-2-15(13)25)3-11-5-12-6-14(9-24)27-19(12)18(22)17(11)21/h1-2,4-5,14,24-25H,3,6-9H2,(H,23,26). The van der Waals surface area contributed by atoms with Crippen LogP contribution in [0.25, 0.3) is 0 Å². The number of aliphatic hydroxyl groups excluding tert-OH is 1. The van der Waals surface area contributed by atoms with Crippen molar-refractivity contribution < 1.29 is 19.7 Å². The third kappa shape index (κ3) is 4.43. The minimum atomic E-state index is -0.312. The lowest BCUT2D eigenvalue weighted by atomic mass is 9.99. The Labute approximate surface area is 171 Å². The number of hydrogen-bond acceptors (Lipinski definition) is 4. The topological polar surface area (TPSA) is 78.8 Å². The van der Waals surface area contributed by atoms with E-state index in [1.807, 2.05) is 6.07 Å². The van der Waals surface area contributed by atoms with Crippen molar-refractivity contribution in [2.24, 2.45) is 0 Å². The fourth-order valence-electron chi connectivity index (χ4n) is 3.04. The lowest BCUT2D eigenvalue weighted by Crippen LogP contribution is -2.23. The van der Waals surface area contributed by atoms with Gasteiger partial charge in [0.15, 0.2) is 0 Å². The van der Waals surface area contributed by atoms with Crippen LogP contribution in [0.3, 0.4) is 0 Å². The smallest absolute Gasteiger partial charge is 0.235 e. The molecule has 0 bridgehead atoms. The zero-order chi connectivity index (χ0) is 19.6. The number of halogens is 3. The van der Waals surface area contributed by atoms with Crippen LogP contribution in [-0.4, -0.2) is 34.7 Å². The molecular formula is C19H18Cl3NO4. The van der Waals surface area contributed by atoms with E-state index in [9.17, 15) is 15.0 Å². The molecule has 3 N–H and O–H groups in total. The maximum atomic E-state index is 11.3.